The summed E-state index contributed by atoms with van der Waals surface area (Å²) in [5.41, 5.74) is 1.04. The van der Waals surface area contributed by atoms with Gasteiger partial charge in [0.05, 0.1) is 24.1 Å². The van der Waals surface area contributed by atoms with E-state index >= 15 is 0 Å². The first kappa shape index (κ1) is 17.2. The van der Waals surface area contributed by atoms with Crippen LogP contribution in [0.25, 0.3) is 0 Å². The summed E-state index contributed by atoms with van der Waals surface area (Å²) in [5, 5.41) is 22.6. The maximum atomic E-state index is 11.4. The van der Waals surface area contributed by atoms with E-state index in [1.165, 1.54) is 20.3 Å². The van der Waals surface area contributed by atoms with Crippen molar-refractivity contribution >= 4 is 11.4 Å². The Labute approximate surface area is 137 Å². The Balaban J connectivity index is 2.59. The van der Waals surface area contributed by atoms with Crippen LogP contribution in [0, 0.1) is 27.2 Å². The summed E-state index contributed by atoms with van der Waals surface area (Å²) >= 11 is 0. The van der Waals surface area contributed by atoms with Crippen molar-refractivity contribution in [1.82, 2.24) is 0 Å². The number of benzene rings is 2. The van der Waals surface area contributed by atoms with Gasteiger partial charge >= 0.3 is 11.4 Å². The Morgan fingerprint density at radius 3 is 2.12 bits per heavy atom. The number of hydrogen-bond acceptors (Lipinski definition) is 6. The van der Waals surface area contributed by atoms with E-state index in [0.29, 0.717) is 16.7 Å². The molecule has 0 aliphatic rings. The highest BCUT2D eigenvalue weighted by molar-refractivity contribution is 5.60. The van der Waals surface area contributed by atoms with Gasteiger partial charge in [0, 0.05) is 23.1 Å². The number of ether oxygens (including phenoxy) is 2. The Kier molecular flexibility index (Phi) is 4.98. The lowest BCUT2D eigenvalue weighted by Crippen LogP contribution is -2.03. The zero-order valence-electron chi connectivity index (χ0n) is 13.4. The van der Waals surface area contributed by atoms with E-state index in [0.717, 1.165) is 0 Å². The Morgan fingerprint density at radius 2 is 1.58 bits per heavy atom. The molecule has 0 atom stereocenters. The van der Waals surface area contributed by atoms with Gasteiger partial charge in [-0.15, -0.1) is 0 Å². The number of nitro benzene ring substituents is 2. The number of nitro groups is 2. The molecule has 8 heteroatoms. The fourth-order valence-electron chi connectivity index (χ4n) is 2.59. The van der Waals surface area contributed by atoms with Crippen molar-refractivity contribution in [2.75, 3.05) is 14.2 Å². The number of methoxy groups -OCH3 is 2. The highest BCUT2D eigenvalue weighted by Gasteiger charge is 2.25. The zero-order chi connectivity index (χ0) is 17.9. The minimum Gasteiger partial charge on any atom is -0.490 e. The maximum absolute atomic E-state index is 11.4. The van der Waals surface area contributed by atoms with Crippen molar-refractivity contribution in [2.45, 2.75) is 13.3 Å². The minimum atomic E-state index is -0.525. The van der Waals surface area contributed by atoms with Gasteiger partial charge in [0.15, 0.2) is 5.75 Å². The smallest absolute Gasteiger partial charge is 0.314 e. The molecule has 2 rings (SSSR count). The van der Waals surface area contributed by atoms with E-state index in [-0.39, 0.29) is 29.3 Å². The first-order valence-corrected chi connectivity index (χ1v) is 7.01. The van der Waals surface area contributed by atoms with Crippen LogP contribution in [0.3, 0.4) is 0 Å². The summed E-state index contributed by atoms with van der Waals surface area (Å²) in [5.74, 6) is 0.246. The second-order valence-electron chi connectivity index (χ2n) is 5.08. The lowest BCUT2D eigenvalue weighted by Gasteiger charge is -2.12. The van der Waals surface area contributed by atoms with Gasteiger partial charge < -0.3 is 9.47 Å². The SMILES string of the molecule is COc1cccc(Cc2ccc(C)c([N+](=O)[O-])c2OC)c1[N+](=O)[O-]. The first-order chi connectivity index (χ1) is 11.4. The van der Waals surface area contributed by atoms with Crippen LogP contribution in [-0.2, 0) is 6.42 Å². The van der Waals surface area contributed by atoms with E-state index in [9.17, 15) is 20.2 Å². The van der Waals surface area contributed by atoms with Gasteiger partial charge in [0.25, 0.3) is 0 Å². The molecule has 0 aliphatic carbocycles. The molecule has 0 saturated carbocycles. The van der Waals surface area contributed by atoms with E-state index in [1.54, 1.807) is 31.2 Å². The lowest BCUT2D eigenvalue weighted by molar-refractivity contribution is -0.386. The molecule has 0 spiro atoms. The standard InChI is InChI=1S/C16H16N2O6/c1-10-7-8-12(16(24-3)14(10)17(19)20)9-11-5-4-6-13(23-2)15(11)18(21)22/h4-8H,9H2,1-3H3. The van der Waals surface area contributed by atoms with Crippen molar-refractivity contribution < 1.29 is 19.3 Å². The molecule has 126 valence electrons. The molecule has 0 N–H and O–H groups in total. The molecule has 2 aromatic carbocycles. The van der Waals surface area contributed by atoms with Crippen LogP contribution in [0.2, 0.25) is 0 Å². The van der Waals surface area contributed by atoms with E-state index in [4.69, 9.17) is 9.47 Å². The van der Waals surface area contributed by atoms with Gasteiger partial charge in [-0.3, -0.25) is 20.2 Å². The van der Waals surface area contributed by atoms with Gasteiger partial charge in [-0.25, -0.2) is 0 Å². The zero-order valence-corrected chi connectivity index (χ0v) is 13.4. The third kappa shape index (κ3) is 3.12. The maximum Gasteiger partial charge on any atom is 0.314 e. The normalized spacial score (nSPS) is 10.3. The molecule has 0 radical (unpaired) electrons. The molecule has 0 unspecified atom stereocenters. The number of rotatable bonds is 6. The van der Waals surface area contributed by atoms with E-state index < -0.39 is 9.85 Å². The molecule has 8 nitrogen and oxygen atoms in total. The summed E-state index contributed by atoms with van der Waals surface area (Å²) in [4.78, 5) is 21.6. The van der Waals surface area contributed by atoms with Gasteiger partial charge in [0.1, 0.15) is 0 Å². The van der Waals surface area contributed by atoms with Gasteiger partial charge in [-0.1, -0.05) is 24.3 Å². The summed E-state index contributed by atoms with van der Waals surface area (Å²) in [6.45, 7) is 1.61. The fraction of sp³-hybridized carbons (Fsp3) is 0.250. The van der Waals surface area contributed by atoms with Crippen LogP contribution < -0.4 is 9.47 Å². The molecule has 24 heavy (non-hydrogen) atoms. The Hall–Kier alpha value is -3.16. The quantitative estimate of drug-likeness (QED) is 0.593. The highest BCUT2D eigenvalue weighted by atomic mass is 16.6. The molecular weight excluding hydrogens is 316 g/mol. The number of aryl methyl sites for hydroxylation is 1. The van der Waals surface area contributed by atoms with Crippen molar-refractivity contribution in [3.63, 3.8) is 0 Å². The molecule has 0 aliphatic heterocycles. The molecule has 0 amide bonds. The van der Waals surface area contributed by atoms with E-state index in [1.807, 2.05) is 0 Å². The van der Waals surface area contributed by atoms with Crippen LogP contribution in [0.1, 0.15) is 16.7 Å². The minimum absolute atomic E-state index is 0.108. The topological polar surface area (TPSA) is 105 Å². The average molecular weight is 332 g/mol. The third-order valence-electron chi connectivity index (χ3n) is 3.67. The summed E-state index contributed by atoms with van der Waals surface area (Å²) in [7, 11) is 2.69. The van der Waals surface area contributed by atoms with Crippen LogP contribution in [0.4, 0.5) is 11.4 Å². The molecular formula is C16H16N2O6. The van der Waals surface area contributed by atoms with E-state index in [2.05, 4.69) is 0 Å². The van der Waals surface area contributed by atoms with Gasteiger partial charge in [-0.2, -0.15) is 0 Å². The molecule has 0 aromatic heterocycles. The van der Waals surface area contributed by atoms with Crippen molar-refractivity contribution in [3.05, 3.63) is 67.3 Å². The van der Waals surface area contributed by atoms with Crippen LogP contribution >= 0.6 is 0 Å². The number of nitrogens with zero attached hydrogens (tertiary/aromatic N) is 2. The van der Waals surface area contributed by atoms with Crippen LogP contribution in [0.5, 0.6) is 11.5 Å². The van der Waals surface area contributed by atoms with Crippen LogP contribution in [-0.4, -0.2) is 24.1 Å². The summed E-state index contributed by atoms with van der Waals surface area (Å²) in [6.07, 6.45) is 0.109. The largest absolute Gasteiger partial charge is 0.490 e. The monoisotopic (exact) mass is 332 g/mol. The summed E-state index contributed by atoms with van der Waals surface area (Å²) in [6, 6.07) is 7.99. The molecule has 0 heterocycles. The first-order valence-electron chi connectivity index (χ1n) is 7.01. The fourth-order valence-corrected chi connectivity index (χ4v) is 2.59. The van der Waals surface area contributed by atoms with Crippen LogP contribution in [0.15, 0.2) is 30.3 Å². The molecule has 0 fully saturated rings. The third-order valence-corrected chi connectivity index (χ3v) is 3.67. The molecule has 0 bridgehead atoms. The predicted molar refractivity (Wildman–Crippen MR) is 86.8 cm³/mol. The number of para-hydroxylation sites is 1. The van der Waals surface area contributed by atoms with Crippen molar-refractivity contribution in [3.8, 4) is 11.5 Å². The molecule has 0 saturated heterocycles. The van der Waals surface area contributed by atoms with Gasteiger partial charge in [-0.05, 0) is 13.0 Å². The Morgan fingerprint density at radius 1 is 0.917 bits per heavy atom. The van der Waals surface area contributed by atoms with Crippen molar-refractivity contribution in [2.24, 2.45) is 0 Å². The second-order valence-corrected chi connectivity index (χ2v) is 5.08. The highest BCUT2D eigenvalue weighted by Crippen LogP contribution is 2.38. The Bertz CT molecular complexity index is 803. The van der Waals surface area contributed by atoms with Crippen molar-refractivity contribution in [1.29, 1.82) is 0 Å². The lowest BCUT2D eigenvalue weighted by atomic mass is 9.99. The number of hydrogen-bond donors (Lipinski definition) is 0. The second kappa shape index (κ2) is 6.95. The predicted octanol–water partition coefficient (Wildman–Crippen LogP) is 3.42. The summed E-state index contributed by atoms with van der Waals surface area (Å²) < 4.78 is 10.2. The average Bonchev–Trinajstić information content (AvgIpc) is 2.55. The van der Waals surface area contributed by atoms with Gasteiger partial charge in [0.2, 0.25) is 5.75 Å². The molecule has 2 aromatic rings.